The molecule has 1 heterocycles. The molecule has 0 spiro atoms. The van der Waals surface area contributed by atoms with Crippen LogP contribution in [0.15, 0.2) is 18.2 Å². The molecular weight excluding hydrogens is 282 g/mol. The lowest BCUT2D eigenvalue weighted by Gasteiger charge is -2.14. The number of carbonyl (C=O) groups is 1. The van der Waals surface area contributed by atoms with Gasteiger partial charge in [0.2, 0.25) is 10.0 Å². The van der Waals surface area contributed by atoms with E-state index in [9.17, 15) is 13.2 Å². The van der Waals surface area contributed by atoms with Crippen LogP contribution in [-0.4, -0.2) is 38.0 Å². The van der Waals surface area contributed by atoms with Crippen molar-refractivity contribution in [1.82, 2.24) is 0 Å². The lowest BCUT2D eigenvalue weighted by molar-refractivity contribution is 0.0697. The van der Waals surface area contributed by atoms with E-state index < -0.39 is 16.0 Å². The van der Waals surface area contributed by atoms with Crippen molar-refractivity contribution < 1.29 is 23.1 Å². The topological polar surface area (TPSA) is 92.7 Å². The third-order valence-electron chi connectivity index (χ3n) is 3.18. The Morgan fingerprint density at radius 3 is 2.85 bits per heavy atom. The van der Waals surface area contributed by atoms with Crippen molar-refractivity contribution in [3.8, 4) is 0 Å². The fourth-order valence-electron chi connectivity index (χ4n) is 2.09. The third-order valence-corrected chi connectivity index (χ3v) is 4.52. The highest BCUT2D eigenvalue weighted by Crippen LogP contribution is 2.20. The Bertz CT molecular complexity index is 605. The number of nitrogens with one attached hydrogen (secondary N) is 1. The number of hydrogen-bond acceptors (Lipinski definition) is 4. The van der Waals surface area contributed by atoms with Crippen molar-refractivity contribution in [3.63, 3.8) is 0 Å². The van der Waals surface area contributed by atoms with Gasteiger partial charge in [-0.05, 0) is 37.5 Å². The van der Waals surface area contributed by atoms with Crippen molar-refractivity contribution in [3.05, 3.63) is 29.3 Å². The summed E-state index contributed by atoms with van der Waals surface area (Å²) in [6.07, 6.45) is 1.32. The molecule has 6 nitrogen and oxygen atoms in total. The second kappa shape index (κ2) is 5.80. The van der Waals surface area contributed by atoms with Crippen molar-refractivity contribution in [2.75, 3.05) is 17.1 Å². The summed E-state index contributed by atoms with van der Waals surface area (Å²) >= 11 is 0. The molecule has 7 heteroatoms. The molecule has 110 valence electrons. The summed E-state index contributed by atoms with van der Waals surface area (Å²) in [5.41, 5.74) is 1.01. The minimum absolute atomic E-state index is 0.0467. The van der Waals surface area contributed by atoms with Crippen LogP contribution in [0.3, 0.4) is 0 Å². The van der Waals surface area contributed by atoms with Gasteiger partial charge < -0.3 is 9.84 Å². The van der Waals surface area contributed by atoms with Crippen LogP contribution >= 0.6 is 0 Å². The van der Waals surface area contributed by atoms with Crippen molar-refractivity contribution in [2.24, 2.45) is 0 Å². The minimum Gasteiger partial charge on any atom is -0.478 e. The molecule has 1 aromatic carbocycles. The first-order valence-electron chi connectivity index (χ1n) is 6.33. The number of rotatable bonds is 5. The lowest BCUT2D eigenvalue weighted by atomic mass is 10.1. The summed E-state index contributed by atoms with van der Waals surface area (Å²) in [6, 6.07) is 4.34. The number of hydrogen-bond donors (Lipinski definition) is 2. The molecule has 1 unspecified atom stereocenters. The summed E-state index contributed by atoms with van der Waals surface area (Å²) < 4.78 is 31.8. The molecule has 0 aliphatic carbocycles. The smallest absolute Gasteiger partial charge is 0.335 e. The second-order valence-corrected chi connectivity index (χ2v) is 6.62. The van der Waals surface area contributed by atoms with Crippen molar-refractivity contribution >= 4 is 21.7 Å². The molecule has 1 aliphatic heterocycles. The number of benzene rings is 1. The van der Waals surface area contributed by atoms with Gasteiger partial charge in [-0.1, -0.05) is 6.07 Å². The number of aryl methyl sites for hydroxylation is 1. The fraction of sp³-hybridized carbons (Fsp3) is 0.462. The average molecular weight is 299 g/mol. The maximum Gasteiger partial charge on any atom is 0.335 e. The summed E-state index contributed by atoms with van der Waals surface area (Å²) in [4.78, 5) is 10.9. The van der Waals surface area contributed by atoms with E-state index in [-0.39, 0.29) is 17.4 Å². The monoisotopic (exact) mass is 299 g/mol. The second-order valence-electron chi connectivity index (χ2n) is 4.85. The van der Waals surface area contributed by atoms with E-state index in [4.69, 9.17) is 9.84 Å². The van der Waals surface area contributed by atoms with Crippen molar-refractivity contribution in [1.29, 1.82) is 0 Å². The van der Waals surface area contributed by atoms with Gasteiger partial charge in [-0.3, -0.25) is 4.72 Å². The van der Waals surface area contributed by atoms with Gasteiger partial charge in [-0.2, -0.15) is 0 Å². The Kier molecular flexibility index (Phi) is 4.29. The Morgan fingerprint density at radius 2 is 2.25 bits per heavy atom. The molecule has 1 saturated heterocycles. The van der Waals surface area contributed by atoms with Gasteiger partial charge in [-0.15, -0.1) is 0 Å². The van der Waals surface area contributed by atoms with Crippen LogP contribution in [-0.2, 0) is 14.8 Å². The maximum absolute atomic E-state index is 12.1. The van der Waals surface area contributed by atoms with Gasteiger partial charge in [0.15, 0.2) is 0 Å². The van der Waals surface area contributed by atoms with Gasteiger partial charge in [-0.25, -0.2) is 13.2 Å². The van der Waals surface area contributed by atoms with E-state index in [0.717, 1.165) is 12.8 Å². The number of carboxylic acid groups (broad SMARTS) is 1. The van der Waals surface area contributed by atoms with Crippen LogP contribution in [0.4, 0.5) is 5.69 Å². The Balaban J connectivity index is 2.15. The minimum atomic E-state index is -3.55. The molecule has 0 saturated carbocycles. The van der Waals surface area contributed by atoms with Crippen LogP contribution in [0.25, 0.3) is 0 Å². The zero-order valence-electron chi connectivity index (χ0n) is 11.1. The molecule has 2 rings (SSSR count). The molecule has 0 radical (unpaired) electrons. The van der Waals surface area contributed by atoms with Crippen molar-refractivity contribution in [2.45, 2.75) is 25.9 Å². The van der Waals surface area contributed by atoms with Crippen LogP contribution in [0.5, 0.6) is 0 Å². The Morgan fingerprint density at radius 1 is 1.50 bits per heavy atom. The highest BCUT2D eigenvalue weighted by atomic mass is 32.2. The average Bonchev–Trinajstić information content (AvgIpc) is 2.83. The Hall–Kier alpha value is -1.60. The first-order valence-corrected chi connectivity index (χ1v) is 7.99. The number of ether oxygens (including phenoxy) is 1. The number of aromatic carboxylic acids is 1. The van der Waals surface area contributed by atoms with Gasteiger partial charge in [0.1, 0.15) is 0 Å². The Labute approximate surface area is 117 Å². The van der Waals surface area contributed by atoms with E-state index in [0.29, 0.717) is 17.9 Å². The quantitative estimate of drug-likeness (QED) is 0.861. The predicted octanol–water partition coefficient (Wildman–Crippen LogP) is 1.61. The van der Waals surface area contributed by atoms with E-state index in [2.05, 4.69) is 4.72 Å². The molecule has 0 aromatic heterocycles. The fourth-order valence-corrected chi connectivity index (χ4v) is 3.49. The molecule has 0 bridgehead atoms. The molecule has 1 aliphatic rings. The molecule has 1 fully saturated rings. The zero-order chi connectivity index (χ0) is 14.8. The number of carboxylic acids is 1. The molecule has 2 N–H and O–H groups in total. The zero-order valence-corrected chi connectivity index (χ0v) is 11.9. The van der Waals surface area contributed by atoms with E-state index >= 15 is 0 Å². The van der Waals surface area contributed by atoms with Crippen LogP contribution in [0.2, 0.25) is 0 Å². The van der Waals surface area contributed by atoms with Gasteiger partial charge in [0, 0.05) is 6.61 Å². The van der Waals surface area contributed by atoms with Gasteiger partial charge in [0.25, 0.3) is 0 Å². The molecule has 1 aromatic rings. The van der Waals surface area contributed by atoms with Crippen LogP contribution in [0.1, 0.15) is 28.8 Å². The number of anilines is 1. The normalized spacial score (nSPS) is 18.9. The predicted molar refractivity (Wildman–Crippen MR) is 74.5 cm³/mol. The maximum atomic E-state index is 12.1. The SMILES string of the molecule is Cc1ccc(C(=O)O)cc1NS(=O)(=O)CC1CCCO1. The van der Waals surface area contributed by atoms with Crippen LogP contribution < -0.4 is 4.72 Å². The third kappa shape index (κ3) is 3.71. The first-order chi connectivity index (χ1) is 9.37. The molecule has 0 amide bonds. The molecular formula is C13H17NO5S. The van der Waals surface area contributed by atoms with Gasteiger partial charge in [0.05, 0.1) is 23.1 Å². The van der Waals surface area contributed by atoms with E-state index in [1.807, 2.05) is 0 Å². The van der Waals surface area contributed by atoms with Crippen LogP contribution in [0, 0.1) is 6.92 Å². The standard InChI is InChI=1S/C13H17NO5S/c1-9-4-5-10(13(15)16)7-12(9)14-20(17,18)8-11-3-2-6-19-11/h4-5,7,11,14H,2-3,6,8H2,1H3,(H,15,16). The first kappa shape index (κ1) is 14.8. The van der Waals surface area contributed by atoms with Gasteiger partial charge >= 0.3 is 5.97 Å². The largest absolute Gasteiger partial charge is 0.478 e. The molecule has 1 atom stereocenters. The van der Waals surface area contributed by atoms with E-state index in [1.54, 1.807) is 13.0 Å². The lowest BCUT2D eigenvalue weighted by Crippen LogP contribution is -2.26. The van der Waals surface area contributed by atoms with E-state index in [1.165, 1.54) is 12.1 Å². The summed E-state index contributed by atoms with van der Waals surface area (Å²) in [5.74, 6) is -1.20. The summed E-state index contributed by atoms with van der Waals surface area (Å²) in [7, 11) is -3.55. The number of sulfonamides is 1. The molecule has 20 heavy (non-hydrogen) atoms. The highest BCUT2D eigenvalue weighted by molar-refractivity contribution is 7.92. The summed E-state index contributed by atoms with van der Waals surface area (Å²) in [5, 5.41) is 8.93. The summed E-state index contributed by atoms with van der Waals surface area (Å²) in [6.45, 7) is 2.31. The highest BCUT2D eigenvalue weighted by Gasteiger charge is 2.23.